The first-order valence-electron chi connectivity index (χ1n) is 7.95. The lowest BCUT2D eigenvalue weighted by atomic mass is 10.2. The minimum atomic E-state index is -0.373. The number of allylic oxidation sites excluding steroid dienone is 1. The number of nitrogens with one attached hydrogen (secondary N) is 2. The Morgan fingerprint density at radius 1 is 1.08 bits per heavy atom. The zero-order chi connectivity index (χ0) is 17.4. The van der Waals surface area contributed by atoms with Crippen LogP contribution >= 0.6 is 0 Å². The minimum absolute atomic E-state index is 0.178. The van der Waals surface area contributed by atoms with Crippen LogP contribution in [-0.4, -0.2) is 17.7 Å². The van der Waals surface area contributed by atoms with Gasteiger partial charge in [0.25, 0.3) is 5.91 Å². The van der Waals surface area contributed by atoms with Crippen LogP contribution in [0.5, 0.6) is 0 Å². The maximum absolute atomic E-state index is 12.1. The number of benzene rings is 2. The lowest BCUT2D eigenvalue weighted by Crippen LogP contribution is -2.35. The third-order valence-electron chi connectivity index (χ3n) is 3.49. The van der Waals surface area contributed by atoms with Gasteiger partial charge < -0.3 is 5.32 Å². The lowest BCUT2D eigenvalue weighted by Gasteiger charge is -2.13. The quantitative estimate of drug-likeness (QED) is 0.624. The Kier molecular flexibility index (Phi) is 6.32. The normalized spacial score (nSPS) is 12.9. The number of carbonyl (C=O) groups excluding carboxylic acids is 1. The van der Waals surface area contributed by atoms with Crippen LogP contribution in [-0.2, 0) is 4.79 Å². The third-order valence-corrected chi connectivity index (χ3v) is 3.49. The van der Waals surface area contributed by atoms with E-state index < -0.39 is 0 Å². The summed E-state index contributed by atoms with van der Waals surface area (Å²) in [5.41, 5.74) is 6.50. The summed E-state index contributed by atoms with van der Waals surface area (Å²) >= 11 is 0. The molecule has 1 amide bonds. The summed E-state index contributed by atoms with van der Waals surface area (Å²) in [4.78, 5) is 12.1. The van der Waals surface area contributed by atoms with Crippen molar-refractivity contribution in [2.45, 2.75) is 26.8 Å². The van der Waals surface area contributed by atoms with Crippen molar-refractivity contribution in [1.29, 1.82) is 0 Å². The number of carbonyl (C=O) groups is 1. The van der Waals surface area contributed by atoms with Crippen LogP contribution < -0.4 is 10.7 Å². The van der Waals surface area contributed by atoms with Gasteiger partial charge in [-0.05, 0) is 44.5 Å². The van der Waals surface area contributed by atoms with Crippen molar-refractivity contribution in [2.24, 2.45) is 5.10 Å². The van der Waals surface area contributed by atoms with Crippen molar-refractivity contribution in [3.63, 3.8) is 0 Å². The predicted octanol–water partition coefficient (Wildman–Crippen LogP) is 4.00. The Balaban J connectivity index is 1.86. The van der Waals surface area contributed by atoms with E-state index in [4.69, 9.17) is 0 Å². The molecule has 1 atom stereocenters. The molecule has 0 spiro atoms. The van der Waals surface area contributed by atoms with Crippen molar-refractivity contribution in [1.82, 2.24) is 5.43 Å². The molecule has 0 aliphatic rings. The monoisotopic (exact) mass is 321 g/mol. The Morgan fingerprint density at radius 3 is 2.42 bits per heavy atom. The second-order valence-electron chi connectivity index (χ2n) is 5.71. The number of hydrogen-bond acceptors (Lipinski definition) is 3. The molecule has 2 aromatic carbocycles. The average molecular weight is 321 g/mol. The number of hydrogen-bond donors (Lipinski definition) is 2. The van der Waals surface area contributed by atoms with Crippen molar-refractivity contribution in [3.05, 3.63) is 71.8 Å². The van der Waals surface area contributed by atoms with Crippen molar-refractivity contribution in [3.8, 4) is 0 Å². The van der Waals surface area contributed by atoms with E-state index in [1.54, 1.807) is 6.92 Å². The van der Waals surface area contributed by atoms with Gasteiger partial charge in [0.2, 0.25) is 0 Å². The van der Waals surface area contributed by atoms with Crippen LogP contribution in [0.2, 0.25) is 0 Å². The van der Waals surface area contributed by atoms with Gasteiger partial charge in [0.05, 0.1) is 5.71 Å². The first-order chi connectivity index (χ1) is 11.5. The topological polar surface area (TPSA) is 53.5 Å². The Labute approximate surface area is 143 Å². The zero-order valence-corrected chi connectivity index (χ0v) is 14.3. The van der Waals surface area contributed by atoms with Gasteiger partial charge in [0.15, 0.2) is 0 Å². The van der Waals surface area contributed by atoms with Crippen molar-refractivity contribution < 1.29 is 4.79 Å². The Bertz CT molecular complexity index is 718. The fraction of sp³-hybridized carbons (Fsp3) is 0.200. The van der Waals surface area contributed by atoms with Crippen molar-refractivity contribution in [2.75, 3.05) is 5.32 Å². The molecule has 4 heteroatoms. The van der Waals surface area contributed by atoms with E-state index in [1.807, 2.05) is 80.6 Å². The molecule has 0 heterocycles. The SMILES string of the molecule is CC(/C=C/c1ccccc1)=N\NC(=O)C(C)Nc1ccc(C)cc1. The molecule has 2 N–H and O–H groups in total. The molecule has 4 nitrogen and oxygen atoms in total. The summed E-state index contributed by atoms with van der Waals surface area (Å²) < 4.78 is 0. The highest BCUT2D eigenvalue weighted by Gasteiger charge is 2.11. The molecule has 24 heavy (non-hydrogen) atoms. The first kappa shape index (κ1) is 17.5. The molecule has 0 aromatic heterocycles. The van der Waals surface area contributed by atoms with Gasteiger partial charge in [-0.25, -0.2) is 5.43 Å². The van der Waals surface area contributed by atoms with E-state index in [1.165, 1.54) is 5.56 Å². The number of aryl methyl sites for hydroxylation is 1. The molecule has 0 aliphatic carbocycles. The molecular formula is C20H23N3O. The van der Waals surface area contributed by atoms with Crippen LogP contribution in [0.3, 0.4) is 0 Å². The van der Waals surface area contributed by atoms with E-state index in [0.29, 0.717) is 0 Å². The summed E-state index contributed by atoms with van der Waals surface area (Å²) in [5.74, 6) is -0.178. The first-order valence-corrected chi connectivity index (χ1v) is 7.95. The highest BCUT2D eigenvalue weighted by molar-refractivity contribution is 5.97. The fourth-order valence-electron chi connectivity index (χ4n) is 2.02. The molecule has 124 valence electrons. The van der Waals surface area contributed by atoms with Crippen molar-refractivity contribution >= 4 is 23.4 Å². The van der Waals surface area contributed by atoms with Gasteiger partial charge in [-0.1, -0.05) is 54.1 Å². The van der Waals surface area contributed by atoms with E-state index >= 15 is 0 Å². The lowest BCUT2D eigenvalue weighted by molar-refractivity contribution is -0.121. The smallest absolute Gasteiger partial charge is 0.262 e. The summed E-state index contributed by atoms with van der Waals surface area (Å²) in [7, 11) is 0. The third kappa shape index (κ3) is 5.72. The highest BCUT2D eigenvalue weighted by atomic mass is 16.2. The fourth-order valence-corrected chi connectivity index (χ4v) is 2.02. The molecule has 0 fully saturated rings. The van der Waals surface area contributed by atoms with Gasteiger partial charge in [0, 0.05) is 5.69 Å². The molecule has 0 bridgehead atoms. The van der Waals surface area contributed by atoms with Crippen LogP contribution in [0.15, 0.2) is 65.8 Å². The van der Waals surface area contributed by atoms with Crippen LogP contribution in [0.25, 0.3) is 6.08 Å². The number of amides is 1. The van der Waals surface area contributed by atoms with Crippen LogP contribution in [0.1, 0.15) is 25.0 Å². The maximum Gasteiger partial charge on any atom is 0.262 e. The summed E-state index contributed by atoms with van der Waals surface area (Å²) in [5, 5.41) is 7.26. The predicted molar refractivity (Wildman–Crippen MR) is 101 cm³/mol. The van der Waals surface area contributed by atoms with Gasteiger partial charge in [-0.15, -0.1) is 0 Å². The van der Waals surface area contributed by atoms with Gasteiger partial charge >= 0.3 is 0 Å². The minimum Gasteiger partial charge on any atom is -0.374 e. The summed E-state index contributed by atoms with van der Waals surface area (Å²) in [6.45, 7) is 5.68. The second kappa shape index (κ2) is 8.67. The molecule has 2 rings (SSSR count). The molecule has 0 aliphatic heterocycles. The number of rotatable bonds is 6. The van der Waals surface area contributed by atoms with Gasteiger partial charge in [-0.3, -0.25) is 4.79 Å². The number of anilines is 1. The summed E-state index contributed by atoms with van der Waals surface area (Å²) in [6, 6.07) is 17.5. The molecular weight excluding hydrogens is 298 g/mol. The molecule has 0 saturated heterocycles. The average Bonchev–Trinajstić information content (AvgIpc) is 2.60. The van der Waals surface area contributed by atoms with Crippen LogP contribution in [0.4, 0.5) is 5.69 Å². The molecule has 0 radical (unpaired) electrons. The number of hydrazone groups is 1. The Hall–Kier alpha value is -2.88. The zero-order valence-electron chi connectivity index (χ0n) is 14.3. The van der Waals surface area contributed by atoms with Crippen LogP contribution in [0, 0.1) is 6.92 Å². The standard InChI is InChI=1S/C20H23N3O/c1-15-9-13-19(14-10-15)21-17(3)20(24)23-22-16(2)11-12-18-7-5-4-6-8-18/h4-14,17,21H,1-3H3,(H,23,24)/b12-11+,22-16+. The largest absolute Gasteiger partial charge is 0.374 e. The molecule has 0 saturated carbocycles. The van der Waals surface area contributed by atoms with Gasteiger partial charge in [0.1, 0.15) is 6.04 Å². The second-order valence-corrected chi connectivity index (χ2v) is 5.71. The molecule has 2 aromatic rings. The highest BCUT2D eigenvalue weighted by Crippen LogP contribution is 2.10. The van der Waals surface area contributed by atoms with Gasteiger partial charge in [-0.2, -0.15) is 5.10 Å². The summed E-state index contributed by atoms with van der Waals surface area (Å²) in [6.07, 6.45) is 3.83. The number of nitrogens with zero attached hydrogens (tertiary/aromatic N) is 1. The van der Waals surface area contributed by atoms with E-state index in [0.717, 1.165) is 17.0 Å². The maximum atomic E-state index is 12.1. The molecule has 1 unspecified atom stereocenters. The van der Waals surface area contributed by atoms with E-state index in [2.05, 4.69) is 15.8 Å². The van der Waals surface area contributed by atoms with E-state index in [-0.39, 0.29) is 11.9 Å². The Morgan fingerprint density at radius 2 is 1.75 bits per heavy atom. The van der Waals surface area contributed by atoms with E-state index in [9.17, 15) is 4.79 Å².